The first-order valence-corrected chi connectivity index (χ1v) is 21.1. The van der Waals surface area contributed by atoms with Crippen LogP contribution in [0.2, 0.25) is 36.3 Å². The number of aliphatic hydroxyl groups excluding tert-OH is 1. The van der Waals surface area contributed by atoms with Crippen LogP contribution in [0.1, 0.15) is 94.4 Å². The highest BCUT2D eigenvalue weighted by Crippen LogP contribution is 2.65. The van der Waals surface area contributed by atoms with Crippen molar-refractivity contribution in [2.24, 2.45) is 22.7 Å². The van der Waals surface area contributed by atoms with Gasteiger partial charge in [-0.25, -0.2) is 0 Å². The SMILES string of the molecule is C[C@@H](O)C1=CCC2C3=CC=C4C[C@@H](O[Si](C)(C)C(C)(C)C)C[C@H](O[Si](C)(C)C(C)(C)C)[C@]4(C)C3CC[C@]12C. The summed E-state index contributed by atoms with van der Waals surface area (Å²) >= 11 is 0. The fraction of sp³-hybridized carbons (Fsp3) is 0.818. The summed E-state index contributed by atoms with van der Waals surface area (Å²) in [7, 11) is -3.89. The highest BCUT2D eigenvalue weighted by molar-refractivity contribution is 6.74. The summed E-state index contributed by atoms with van der Waals surface area (Å²) in [6.07, 6.45) is 12.8. The summed E-state index contributed by atoms with van der Waals surface area (Å²) in [5, 5.41) is 11.0. The van der Waals surface area contributed by atoms with E-state index in [1.54, 1.807) is 11.1 Å². The summed E-state index contributed by atoms with van der Waals surface area (Å²) in [5.41, 5.74) is 4.51. The van der Waals surface area contributed by atoms with Gasteiger partial charge in [0.15, 0.2) is 16.6 Å². The van der Waals surface area contributed by atoms with Crippen LogP contribution in [0, 0.1) is 22.7 Å². The van der Waals surface area contributed by atoms with Gasteiger partial charge >= 0.3 is 0 Å². The van der Waals surface area contributed by atoms with Crippen molar-refractivity contribution in [2.75, 3.05) is 0 Å². The molecular formula is C33H58O3Si2. The standard InChI is InChI=1S/C33H58O3Si2/c1-22(34)26-16-17-27-25-15-14-23-20-24(35-37(10,11)30(2,3)4)21-29(36-38(12,13)31(5,6)7)33(23,9)28(25)18-19-32(26,27)8/h14-16,22,24,27-29,34H,17-21H2,1-13H3/t22-,24-,27?,28?,29+,32-,33+/m1/s1. The number of fused-ring (bicyclic) bond motifs is 5. The third kappa shape index (κ3) is 4.84. The number of hydrogen-bond donors (Lipinski definition) is 1. The van der Waals surface area contributed by atoms with Gasteiger partial charge in [0, 0.05) is 5.41 Å². The molecule has 0 bridgehead atoms. The van der Waals surface area contributed by atoms with Crippen molar-refractivity contribution >= 4 is 16.6 Å². The minimum Gasteiger partial charge on any atom is -0.414 e. The molecule has 1 N–H and O–H groups in total. The fourth-order valence-electron chi connectivity index (χ4n) is 7.66. The Morgan fingerprint density at radius 3 is 2.05 bits per heavy atom. The van der Waals surface area contributed by atoms with Crippen LogP contribution in [0.5, 0.6) is 0 Å². The highest BCUT2D eigenvalue weighted by Gasteiger charge is 2.59. The number of rotatable bonds is 5. The molecule has 0 aromatic rings. The van der Waals surface area contributed by atoms with E-state index < -0.39 is 16.6 Å². The highest BCUT2D eigenvalue weighted by atomic mass is 28.4. The molecule has 0 spiro atoms. The molecule has 3 nitrogen and oxygen atoms in total. The maximum absolute atomic E-state index is 10.6. The van der Waals surface area contributed by atoms with Gasteiger partial charge in [-0.2, -0.15) is 0 Å². The van der Waals surface area contributed by atoms with E-state index in [-0.39, 0.29) is 39.2 Å². The molecule has 0 aliphatic heterocycles. The molecule has 0 aromatic carbocycles. The number of aliphatic hydroxyl groups is 1. The Kier molecular flexibility index (Phi) is 7.66. The molecule has 0 amide bonds. The molecule has 0 radical (unpaired) electrons. The Balaban J connectivity index is 1.74. The van der Waals surface area contributed by atoms with Crippen molar-refractivity contribution < 1.29 is 14.0 Å². The van der Waals surface area contributed by atoms with Gasteiger partial charge in [0.1, 0.15) is 0 Å². The van der Waals surface area contributed by atoms with Gasteiger partial charge < -0.3 is 14.0 Å². The molecule has 0 aromatic heterocycles. The molecule has 2 unspecified atom stereocenters. The maximum atomic E-state index is 10.6. The Labute approximate surface area is 236 Å². The van der Waals surface area contributed by atoms with Gasteiger partial charge in [0.25, 0.3) is 0 Å². The van der Waals surface area contributed by atoms with Crippen molar-refractivity contribution in [3.05, 3.63) is 34.9 Å². The van der Waals surface area contributed by atoms with E-state index in [9.17, 15) is 5.11 Å². The molecule has 4 aliphatic carbocycles. The third-order valence-corrected chi connectivity index (χ3v) is 21.2. The van der Waals surface area contributed by atoms with Crippen LogP contribution in [0.4, 0.5) is 0 Å². The lowest BCUT2D eigenvalue weighted by Gasteiger charge is -2.59. The van der Waals surface area contributed by atoms with Crippen LogP contribution in [-0.2, 0) is 8.85 Å². The van der Waals surface area contributed by atoms with E-state index in [4.69, 9.17) is 8.85 Å². The largest absolute Gasteiger partial charge is 0.414 e. The monoisotopic (exact) mass is 558 g/mol. The average molecular weight is 559 g/mol. The Hall–Kier alpha value is -0.466. The van der Waals surface area contributed by atoms with Gasteiger partial charge in [0.2, 0.25) is 0 Å². The molecule has 0 heterocycles. The zero-order chi connectivity index (χ0) is 28.7. The lowest BCUT2D eigenvalue weighted by atomic mass is 9.49. The van der Waals surface area contributed by atoms with E-state index >= 15 is 0 Å². The minimum absolute atomic E-state index is 0.00179. The van der Waals surface area contributed by atoms with Crippen molar-refractivity contribution in [1.82, 2.24) is 0 Å². The normalized spacial score (nSPS) is 36.9. The molecule has 216 valence electrons. The molecule has 4 aliphatic rings. The quantitative estimate of drug-likeness (QED) is 0.270. The summed E-state index contributed by atoms with van der Waals surface area (Å²) in [5.74, 6) is 1.00. The third-order valence-electron chi connectivity index (χ3n) is 12.2. The fourth-order valence-corrected chi connectivity index (χ4v) is 10.4. The lowest BCUT2D eigenvalue weighted by molar-refractivity contribution is -0.0394. The smallest absolute Gasteiger partial charge is 0.192 e. The van der Waals surface area contributed by atoms with Gasteiger partial charge in [-0.1, -0.05) is 84.8 Å². The Morgan fingerprint density at radius 2 is 1.50 bits per heavy atom. The van der Waals surface area contributed by atoms with Crippen LogP contribution < -0.4 is 0 Å². The van der Waals surface area contributed by atoms with E-state index in [0.717, 1.165) is 25.7 Å². The first-order valence-electron chi connectivity index (χ1n) is 15.3. The topological polar surface area (TPSA) is 38.7 Å². The predicted molar refractivity (Wildman–Crippen MR) is 166 cm³/mol. The molecule has 4 rings (SSSR count). The van der Waals surface area contributed by atoms with Crippen LogP contribution in [0.15, 0.2) is 34.9 Å². The second-order valence-corrected chi connectivity index (χ2v) is 26.1. The van der Waals surface area contributed by atoms with Crippen LogP contribution >= 0.6 is 0 Å². The van der Waals surface area contributed by atoms with E-state index in [1.165, 1.54) is 12.0 Å². The van der Waals surface area contributed by atoms with Crippen LogP contribution in [-0.4, -0.2) is 40.1 Å². The average Bonchev–Trinajstić information content (AvgIpc) is 3.10. The molecule has 2 fully saturated rings. The molecule has 2 saturated carbocycles. The summed E-state index contributed by atoms with van der Waals surface area (Å²) in [4.78, 5) is 0. The van der Waals surface area contributed by atoms with Crippen molar-refractivity contribution in [3.63, 3.8) is 0 Å². The molecular weight excluding hydrogens is 501 g/mol. The summed E-state index contributed by atoms with van der Waals surface area (Å²) in [6, 6.07) is 0. The predicted octanol–water partition coefficient (Wildman–Crippen LogP) is 9.18. The summed E-state index contributed by atoms with van der Waals surface area (Å²) < 4.78 is 14.6. The van der Waals surface area contributed by atoms with Crippen LogP contribution in [0.3, 0.4) is 0 Å². The second-order valence-electron chi connectivity index (χ2n) is 16.6. The van der Waals surface area contributed by atoms with Gasteiger partial charge in [-0.05, 0) is 98.1 Å². The first kappa shape index (κ1) is 30.5. The minimum atomic E-state index is -2.00. The second kappa shape index (κ2) is 9.54. The van der Waals surface area contributed by atoms with Crippen LogP contribution in [0.25, 0.3) is 0 Å². The van der Waals surface area contributed by atoms with Crippen molar-refractivity contribution in [1.29, 1.82) is 0 Å². The van der Waals surface area contributed by atoms with E-state index in [2.05, 4.69) is 99.8 Å². The summed E-state index contributed by atoms with van der Waals surface area (Å²) in [6.45, 7) is 30.7. The first-order chi connectivity index (χ1) is 17.1. The molecule has 0 saturated heterocycles. The van der Waals surface area contributed by atoms with E-state index in [1.807, 2.05) is 6.92 Å². The van der Waals surface area contributed by atoms with Crippen molar-refractivity contribution in [2.45, 2.75) is 149 Å². The lowest BCUT2D eigenvalue weighted by Crippen LogP contribution is -2.58. The molecule has 7 atom stereocenters. The Morgan fingerprint density at radius 1 is 0.921 bits per heavy atom. The van der Waals surface area contributed by atoms with Gasteiger partial charge in [-0.15, -0.1) is 0 Å². The number of allylic oxidation sites excluding steroid dienone is 4. The molecule has 38 heavy (non-hydrogen) atoms. The van der Waals surface area contributed by atoms with E-state index in [0.29, 0.717) is 11.8 Å². The number of hydrogen-bond acceptors (Lipinski definition) is 3. The zero-order valence-corrected chi connectivity index (χ0v) is 28.9. The Bertz CT molecular complexity index is 1020. The van der Waals surface area contributed by atoms with Crippen molar-refractivity contribution in [3.8, 4) is 0 Å². The van der Waals surface area contributed by atoms with Gasteiger partial charge in [0.05, 0.1) is 18.3 Å². The maximum Gasteiger partial charge on any atom is 0.192 e. The van der Waals surface area contributed by atoms with Gasteiger partial charge in [-0.3, -0.25) is 0 Å². The zero-order valence-electron chi connectivity index (χ0n) is 26.9. The molecule has 5 heteroatoms.